The van der Waals surface area contributed by atoms with Crippen molar-refractivity contribution in [2.45, 2.75) is 0 Å². The predicted molar refractivity (Wildman–Crippen MR) is 107 cm³/mol. The van der Waals surface area contributed by atoms with Gasteiger partial charge in [0.15, 0.2) is 0 Å². The van der Waals surface area contributed by atoms with Gasteiger partial charge in [0.2, 0.25) is 0 Å². The average Bonchev–Trinajstić information content (AvgIpc) is 3.20. The number of aromatic nitrogens is 3. The molecule has 138 valence electrons. The molecule has 0 bridgehead atoms. The first-order valence-electron chi connectivity index (χ1n) is 8.60. The molecular weight excluding hydrogens is 410 g/mol. The van der Waals surface area contributed by atoms with Gasteiger partial charge in [0, 0.05) is 23.1 Å². The van der Waals surface area contributed by atoms with Gasteiger partial charge in [-0.2, -0.15) is 5.10 Å². The maximum atomic E-state index is 12.5. The molecule has 0 radical (unpaired) electrons. The first kappa shape index (κ1) is 17.7. The standard InChI is InChI=1S/C19H18BrN5O2/c20-14-3-1-13(2-4-14)16-11-17(24-23-16)19(26)22-15-5-6-18(21-12-15)25-7-9-27-10-8-25/h1-6,11-12H,7-10H2,(H,22,26)(H,23,24). The number of nitrogens with one attached hydrogen (secondary N) is 2. The van der Waals surface area contributed by atoms with Crippen LogP contribution in [-0.2, 0) is 4.74 Å². The lowest BCUT2D eigenvalue weighted by Gasteiger charge is -2.27. The van der Waals surface area contributed by atoms with E-state index in [-0.39, 0.29) is 5.91 Å². The lowest BCUT2D eigenvalue weighted by Crippen LogP contribution is -2.36. The summed E-state index contributed by atoms with van der Waals surface area (Å²) < 4.78 is 6.34. The first-order valence-corrected chi connectivity index (χ1v) is 9.40. The minimum Gasteiger partial charge on any atom is -0.378 e. The Morgan fingerprint density at radius 3 is 2.63 bits per heavy atom. The molecular formula is C19H18BrN5O2. The average molecular weight is 428 g/mol. The van der Waals surface area contributed by atoms with Crippen molar-refractivity contribution in [2.24, 2.45) is 0 Å². The Bertz CT molecular complexity index is 918. The number of rotatable bonds is 4. The number of carbonyl (C=O) groups excluding carboxylic acids is 1. The lowest BCUT2D eigenvalue weighted by molar-refractivity contribution is 0.102. The van der Waals surface area contributed by atoms with Crippen molar-refractivity contribution in [2.75, 3.05) is 36.5 Å². The summed E-state index contributed by atoms with van der Waals surface area (Å²) in [5.74, 6) is 0.627. The maximum absolute atomic E-state index is 12.5. The Morgan fingerprint density at radius 2 is 1.93 bits per heavy atom. The normalized spacial score (nSPS) is 14.2. The molecule has 0 unspecified atom stereocenters. The summed E-state index contributed by atoms with van der Waals surface area (Å²) >= 11 is 3.41. The predicted octanol–water partition coefficient (Wildman–Crippen LogP) is 3.32. The molecule has 1 aromatic carbocycles. The van der Waals surface area contributed by atoms with Gasteiger partial charge in [-0.25, -0.2) is 4.98 Å². The van der Waals surface area contributed by atoms with Crippen LogP contribution in [0.4, 0.5) is 11.5 Å². The molecule has 27 heavy (non-hydrogen) atoms. The van der Waals surface area contributed by atoms with E-state index in [0.29, 0.717) is 30.3 Å². The monoisotopic (exact) mass is 427 g/mol. The van der Waals surface area contributed by atoms with E-state index in [0.717, 1.165) is 28.9 Å². The van der Waals surface area contributed by atoms with Crippen LogP contribution < -0.4 is 10.2 Å². The number of carbonyl (C=O) groups is 1. The summed E-state index contributed by atoms with van der Waals surface area (Å²) in [5, 5.41) is 9.84. The molecule has 2 N–H and O–H groups in total. The molecule has 2 aromatic heterocycles. The molecule has 1 saturated heterocycles. The van der Waals surface area contributed by atoms with E-state index in [2.05, 4.69) is 41.3 Å². The Morgan fingerprint density at radius 1 is 1.15 bits per heavy atom. The number of pyridine rings is 1. The Labute approximate surface area is 164 Å². The van der Waals surface area contributed by atoms with Crippen LogP contribution in [0.25, 0.3) is 11.3 Å². The second-order valence-electron chi connectivity index (χ2n) is 6.13. The SMILES string of the molecule is O=C(Nc1ccc(N2CCOCC2)nc1)c1cc(-c2ccc(Br)cc2)n[nH]1. The van der Waals surface area contributed by atoms with Crippen molar-refractivity contribution in [1.29, 1.82) is 0 Å². The highest BCUT2D eigenvalue weighted by Crippen LogP contribution is 2.21. The molecule has 3 aromatic rings. The van der Waals surface area contributed by atoms with Crippen molar-refractivity contribution in [3.8, 4) is 11.3 Å². The molecule has 3 heterocycles. The second-order valence-corrected chi connectivity index (χ2v) is 7.05. The third-order valence-corrected chi connectivity index (χ3v) is 4.83. The number of anilines is 2. The summed E-state index contributed by atoms with van der Waals surface area (Å²) in [6, 6.07) is 13.2. The third kappa shape index (κ3) is 4.17. The van der Waals surface area contributed by atoms with Gasteiger partial charge in [-0.15, -0.1) is 0 Å². The number of hydrogen-bond donors (Lipinski definition) is 2. The molecule has 1 amide bonds. The van der Waals surface area contributed by atoms with Crippen molar-refractivity contribution in [3.05, 3.63) is 58.8 Å². The number of benzene rings is 1. The van der Waals surface area contributed by atoms with Crippen molar-refractivity contribution in [1.82, 2.24) is 15.2 Å². The van der Waals surface area contributed by atoms with E-state index in [1.54, 1.807) is 12.3 Å². The largest absolute Gasteiger partial charge is 0.378 e. The van der Waals surface area contributed by atoms with Crippen LogP contribution in [0.15, 0.2) is 53.1 Å². The highest BCUT2D eigenvalue weighted by molar-refractivity contribution is 9.10. The van der Waals surface area contributed by atoms with Crippen molar-refractivity contribution < 1.29 is 9.53 Å². The number of hydrogen-bond acceptors (Lipinski definition) is 5. The second kappa shape index (κ2) is 7.89. The first-order chi connectivity index (χ1) is 13.2. The van der Waals surface area contributed by atoms with Crippen LogP contribution in [0, 0.1) is 0 Å². The highest BCUT2D eigenvalue weighted by atomic mass is 79.9. The molecule has 1 aliphatic rings. The van der Waals surface area contributed by atoms with E-state index in [1.807, 2.05) is 36.4 Å². The Balaban J connectivity index is 1.42. The number of halogens is 1. The number of aromatic amines is 1. The highest BCUT2D eigenvalue weighted by Gasteiger charge is 2.14. The summed E-state index contributed by atoms with van der Waals surface area (Å²) in [4.78, 5) is 19.1. The van der Waals surface area contributed by atoms with Crippen LogP contribution in [0.3, 0.4) is 0 Å². The summed E-state index contributed by atoms with van der Waals surface area (Å²) in [7, 11) is 0. The van der Waals surface area contributed by atoms with Gasteiger partial charge < -0.3 is 15.0 Å². The Kier molecular flexibility index (Phi) is 5.17. The molecule has 1 aliphatic heterocycles. The quantitative estimate of drug-likeness (QED) is 0.666. The summed E-state index contributed by atoms with van der Waals surface area (Å²) in [6.07, 6.45) is 1.66. The topological polar surface area (TPSA) is 83.1 Å². The number of morpholine rings is 1. The van der Waals surface area contributed by atoms with Crippen LogP contribution >= 0.6 is 15.9 Å². The number of amides is 1. The maximum Gasteiger partial charge on any atom is 0.273 e. The zero-order valence-corrected chi connectivity index (χ0v) is 16.1. The van der Waals surface area contributed by atoms with Crippen LogP contribution in [-0.4, -0.2) is 47.4 Å². The van der Waals surface area contributed by atoms with Crippen LogP contribution in [0.5, 0.6) is 0 Å². The molecule has 7 nitrogen and oxygen atoms in total. The van der Waals surface area contributed by atoms with E-state index in [1.165, 1.54) is 0 Å². The Hall–Kier alpha value is -2.71. The van der Waals surface area contributed by atoms with Gasteiger partial charge in [-0.05, 0) is 30.3 Å². The van der Waals surface area contributed by atoms with E-state index < -0.39 is 0 Å². The van der Waals surface area contributed by atoms with Crippen molar-refractivity contribution >= 4 is 33.3 Å². The van der Waals surface area contributed by atoms with E-state index in [9.17, 15) is 4.79 Å². The number of H-pyrrole nitrogens is 1. The zero-order chi connectivity index (χ0) is 18.6. The molecule has 4 rings (SSSR count). The van der Waals surface area contributed by atoms with Gasteiger partial charge >= 0.3 is 0 Å². The molecule has 8 heteroatoms. The number of nitrogens with zero attached hydrogens (tertiary/aromatic N) is 3. The van der Waals surface area contributed by atoms with Gasteiger partial charge in [0.25, 0.3) is 5.91 Å². The fourth-order valence-corrected chi connectivity index (χ4v) is 3.11. The van der Waals surface area contributed by atoms with Crippen molar-refractivity contribution in [3.63, 3.8) is 0 Å². The molecule has 0 atom stereocenters. The summed E-state index contributed by atoms with van der Waals surface area (Å²) in [6.45, 7) is 3.07. The lowest BCUT2D eigenvalue weighted by atomic mass is 10.1. The van der Waals surface area contributed by atoms with Gasteiger partial charge in [-0.3, -0.25) is 9.89 Å². The smallest absolute Gasteiger partial charge is 0.273 e. The van der Waals surface area contributed by atoms with E-state index >= 15 is 0 Å². The van der Waals surface area contributed by atoms with Gasteiger partial charge in [0.1, 0.15) is 11.5 Å². The molecule has 0 saturated carbocycles. The molecule has 0 spiro atoms. The van der Waals surface area contributed by atoms with Crippen LogP contribution in [0.1, 0.15) is 10.5 Å². The fourth-order valence-electron chi connectivity index (χ4n) is 2.84. The third-order valence-electron chi connectivity index (χ3n) is 4.30. The molecule has 0 aliphatic carbocycles. The van der Waals surface area contributed by atoms with E-state index in [4.69, 9.17) is 4.74 Å². The fraction of sp³-hybridized carbons (Fsp3) is 0.211. The number of ether oxygens (including phenoxy) is 1. The zero-order valence-electron chi connectivity index (χ0n) is 14.5. The van der Waals surface area contributed by atoms with Gasteiger partial charge in [0.05, 0.1) is 30.8 Å². The molecule has 1 fully saturated rings. The minimum absolute atomic E-state index is 0.258. The summed E-state index contributed by atoms with van der Waals surface area (Å²) in [5.41, 5.74) is 2.68. The van der Waals surface area contributed by atoms with Crippen LogP contribution in [0.2, 0.25) is 0 Å². The van der Waals surface area contributed by atoms with Gasteiger partial charge in [-0.1, -0.05) is 28.1 Å². The minimum atomic E-state index is -0.258.